The first kappa shape index (κ1) is 15.7. The van der Waals surface area contributed by atoms with Crippen molar-refractivity contribution in [3.05, 3.63) is 59.2 Å². The van der Waals surface area contributed by atoms with Gasteiger partial charge in [0.1, 0.15) is 11.5 Å². The molecule has 1 heterocycles. The van der Waals surface area contributed by atoms with E-state index in [9.17, 15) is 4.79 Å². The molecule has 0 unspecified atom stereocenters. The van der Waals surface area contributed by atoms with Gasteiger partial charge in [-0.2, -0.15) is 0 Å². The highest BCUT2D eigenvalue weighted by molar-refractivity contribution is 5.92. The van der Waals surface area contributed by atoms with Gasteiger partial charge in [0.05, 0.1) is 0 Å². The van der Waals surface area contributed by atoms with Crippen LogP contribution in [0.3, 0.4) is 0 Å². The Balaban J connectivity index is 1.76. The van der Waals surface area contributed by atoms with Gasteiger partial charge in [-0.25, -0.2) is 9.97 Å². The molecule has 1 aromatic heterocycles. The van der Waals surface area contributed by atoms with Crippen molar-refractivity contribution in [3.8, 4) is 0 Å². The molecule has 0 spiro atoms. The minimum Gasteiger partial charge on any atom is -0.350 e. The summed E-state index contributed by atoms with van der Waals surface area (Å²) in [5.74, 6) is 0.523. The van der Waals surface area contributed by atoms with Crippen molar-refractivity contribution < 1.29 is 4.79 Å². The van der Waals surface area contributed by atoms with Crippen molar-refractivity contribution in [2.24, 2.45) is 0 Å². The van der Waals surface area contributed by atoms with E-state index in [0.717, 1.165) is 18.5 Å². The highest BCUT2D eigenvalue weighted by Crippen LogP contribution is 2.40. The quantitative estimate of drug-likeness (QED) is 0.942. The van der Waals surface area contributed by atoms with Gasteiger partial charge in [-0.1, -0.05) is 43.2 Å². The summed E-state index contributed by atoms with van der Waals surface area (Å²) in [6.07, 6.45) is 4.69. The van der Waals surface area contributed by atoms with Gasteiger partial charge in [0.25, 0.3) is 5.91 Å². The summed E-state index contributed by atoms with van der Waals surface area (Å²) in [4.78, 5) is 21.0. The number of aromatic nitrogens is 2. The zero-order valence-corrected chi connectivity index (χ0v) is 13.8. The molecule has 0 saturated heterocycles. The van der Waals surface area contributed by atoms with Gasteiger partial charge in [0, 0.05) is 17.7 Å². The smallest absolute Gasteiger partial charge is 0.270 e. The fourth-order valence-corrected chi connectivity index (χ4v) is 3.58. The van der Waals surface area contributed by atoms with Crippen LogP contribution in [-0.2, 0) is 5.41 Å². The molecule has 3 rings (SSSR count). The molecule has 23 heavy (non-hydrogen) atoms. The third-order valence-electron chi connectivity index (χ3n) is 4.73. The van der Waals surface area contributed by atoms with Gasteiger partial charge >= 0.3 is 0 Å². The van der Waals surface area contributed by atoms with Gasteiger partial charge in [-0.05, 0) is 38.3 Å². The number of benzene rings is 1. The lowest BCUT2D eigenvalue weighted by molar-refractivity contribution is 0.0937. The highest BCUT2D eigenvalue weighted by Gasteiger charge is 2.35. The molecule has 0 radical (unpaired) electrons. The number of hydrogen-bond acceptors (Lipinski definition) is 3. The summed E-state index contributed by atoms with van der Waals surface area (Å²) < 4.78 is 0. The van der Waals surface area contributed by atoms with E-state index in [2.05, 4.69) is 39.6 Å². The summed E-state index contributed by atoms with van der Waals surface area (Å²) >= 11 is 0. The van der Waals surface area contributed by atoms with E-state index in [1.165, 1.54) is 18.4 Å². The molecular weight excluding hydrogens is 286 g/mol. The predicted molar refractivity (Wildman–Crippen MR) is 90.4 cm³/mol. The molecule has 1 aliphatic rings. The van der Waals surface area contributed by atoms with E-state index in [4.69, 9.17) is 0 Å². The fourth-order valence-electron chi connectivity index (χ4n) is 3.58. The monoisotopic (exact) mass is 309 g/mol. The molecule has 4 heteroatoms. The maximum Gasteiger partial charge on any atom is 0.270 e. The Bertz CT molecular complexity index is 671. The lowest BCUT2D eigenvalue weighted by Gasteiger charge is -2.30. The van der Waals surface area contributed by atoms with Crippen LogP contribution in [0.2, 0.25) is 0 Å². The van der Waals surface area contributed by atoms with Crippen LogP contribution < -0.4 is 5.32 Å². The van der Waals surface area contributed by atoms with Crippen molar-refractivity contribution in [2.75, 3.05) is 6.54 Å². The van der Waals surface area contributed by atoms with Gasteiger partial charge in [-0.15, -0.1) is 0 Å². The van der Waals surface area contributed by atoms with E-state index >= 15 is 0 Å². The Labute approximate surface area is 137 Å². The number of carbonyl (C=O) groups is 1. The van der Waals surface area contributed by atoms with Crippen molar-refractivity contribution in [1.82, 2.24) is 15.3 Å². The second-order valence-corrected chi connectivity index (χ2v) is 6.48. The SMILES string of the molecule is Cc1cc(C(=O)NCC2(c3ccccc3)CCCC2)nc(C)n1. The van der Waals surface area contributed by atoms with E-state index in [-0.39, 0.29) is 11.3 Å². The van der Waals surface area contributed by atoms with Crippen LogP contribution >= 0.6 is 0 Å². The molecule has 0 bridgehead atoms. The molecule has 0 atom stereocenters. The van der Waals surface area contributed by atoms with Gasteiger partial charge in [0.15, 0.2) is 0 Å². The number of nitrogens with zero attached hydrogens (tertiary/aromatic N) is 2. The topological polar surface area (TPSA) is 54.9 Å². The number of amides is 1. The zero-order chi connectivity index (χ0) is 16.3. The van der Waals surface area contributed by atoms with Gasteiger partial charge in [-0.3, -0.25) is 4.79 Å². The van der Waals surface area contributed by atoms with E-state index in [1.807, 2.05) is 19.9 Å². The molecule has 1 amide bonds. The van der Waals surface area contributed by atoms with Crippen LogP contribution in [0.1, 0.15) is 53.3 Å². The first-order valence-corrected chi connectivity index (χ1v) is 8.25. The molecule has 4 nitrogen and oxygen atoms in total. The standard InChI is InChI=1S/C19H23N3O/c1-14-12-17(22-15(2)21-14)18(23)20-13-19(10-6-7-11-19)16-8-4-3-5-9-16/h3-5,8-9,12H,6-7,10-11,13H2,1-2H3,(H,20,23). The lowest BCUT2D eigenvalue weighted by Crippen LogP contribution is -2.39. The predicted octanol–water partition coefficient (Wildman–Crippen LogP) is 3.34. The Morgan fingerprint density at radius 3 is 2.48 bits per heavy atom. The Morgan fingerprint density at radius 2 is 1.83 bits per heavy atom. The summed E-state index contributed by atoms with van der Waals surface area (Å²) in [6, 6.07) is 12.3. The molecule has 120 valence electrons. The maximum absolute atomic E-state index is 12.5. The fraction of sp³-hybridized carbons (Fsp3) is 0.421. The van der Waals surface area contributed by atoms with Crippen LogP contribution in [0.4, 0.5) is 0 Å². The van der Waals surface area contributed by atoms with Crippen molar-refractivity contribution in [1.29, 1.82) is 0 Å². The maximum atomic E-state index is 12.5. The van der Waals surface area contributed by atoms with Crippen LogP contribution in [0, 0.1) is 13.8 Å². The zero-order valence-electron chi connectivity index (χ0n) is 13.8. The largest absolute Gasteiger partial charge is 0.350 e. The molecule has 2 aromatic rings. The first-order chi connectivity index (χ1) is 11.1. The first-order valence-electron chi connectivity index (χ1n) is 8.25. The van der Waals surface area contributed by atoms with Crippen molar-refractivity contribution in [3.63, 3.8) is 0 Å². The molecular formula is C19H23N3O. The molecule has 1 N–H and O–H groups in total. The van der Waals surface area contributed by atoms with Gasteiger partial charge < -0.3 is 5.32 Å². The number of aryl methyl sites for hydroxylation is 2. The highest BCUT2D eigenvalue weighted by atomic mass is 16.1. The summed E-state index contributed by atoms with van der Waals surface area (Å²) in [5, 5.41) is 3.11. The number of rotatable bonds is 4. The van der Waals surface area contributed by atoms with Crippen LogP contribution in [0.25, 0.3) is 0 Å². The summed E-state index contributed by atoms with van der Waals surface area (Å²) in [6.45, 7) is 4.36. The second kappa shape index (κ2) is 6.49. The van der Waals surface area contributed by atoms with E-state index < -0.39 is 0 Å². The minimum atomic E-state index is -0.110. The van der Waals surface area contributed by atoms with E-state index in [1.54, 1.807) is 6.07 Å². The van der Waals surface area contributed by atoms with Crippen molar-refractivity contribution >= 4 is 5.91 Å². The molecule has 1 saturated carbocycles. The Hall–Kier alpha value is -2.23. The minimum absolute atomic E-state index is 0.0635. The normalized spacial score (nSPS) is 16.3. The Morgan fingerprint density at radius 1 is 1.13 bits per heavy atom. The molecule has 1 aromatic carbocycles. The third kappa shape index (κ3) is 3.41. The van der Waals surface area contributed by atoms with Gasteiger partial charge in [0.2, 0.25) is 0 Å². The second-order valence-electron chi connectivity index (χ2n) is 6.48. The molecule has 0 aliphatic heterocycles. The molecule has 1 fully saturated rings. The summed E-state index contributed by atoms with van der Waals surface area (Å²) in [7, 11) is 0. The number of carbonyl (C=O) groups excluding carboxylic acids is 1. The average molecular weight is 309 g/mol. The van der Waals surface area contributed by atoms with E-state index in [0.29, 0.717) is 18.1 Å². The van der Waals surface area contributed by atoms with Crippen LogP contribution in [-0.4, -0.2) is 22.4 Å². The van der Waals surface area contributed by atoms with Crippen LogP contribution in [0.15, 0.2) is 36.4 Å². The third-order valence-corrected chi connectivity index (χ3v) is 4.73. The average Bonchev–Trinajstić information content (AvgIpc) is 3.03. The molecule has 1 aliphatic carbocycles. The van der Waals surface area contributed by atoms with Crippen LogP contribution in [0.5, 0.6) is 0 Å². The summed E-state index contributed by atoms with van der Waals surface area (Å²) in [5.41, 5.74) is 2.67. The number of hydrogen-bond donors (Lipinski definition) is 1. The number of nitrogens with one attached hydrogen (secondary N) is 1. The Kier molecular flexibility index (Phi) is 4.42. The van der Waals surface area contributed by atoms with Crippen molar-refractivity contribution in [2.45, 2.75) is 44.9 Å². The lowest BCUT2D eigenvalue weighted by atomic mass is 9.79.